The average molecular weight is 248 g/mol. The quantitative estimate of drug-likeness (QED) is 0.591. The van der Waals surface area contributed by atoms with Crippen molar-refractivity contribution in [3.05, 3.63) is 53.6 Å². The summed E-state index contributed by atoms with van der Waals surface area (Å²) >= 11 is 0. The molecule has 1 aliphatic rings. The van der Waals surface area contributed by atoms with Gasteiger partial charge >= 0.3 is 0 Å². The topological polar surface area (TPSA) is 40.5 Å². The van der Waals surface area contributed by atoms with E-state index in [-0.39, 0.29) is 5.75 Å². The summed E-state index contributed by atoms with van der Waals surface area (Å²) in [7, 11) is 0. The summed E-state index contributed by atoms with van der Waals surface area (Å²) in [6, 6.07) is 11.3. The third-order valence-electron chi connectivity index (χ3n) is 3.86. The predicted molar refractivity (Wildman–Crippen MR) is 77.5 cm³/mol. The number of allylic oxidation sites excluding steroid dienone is 1. The standard InChI is InChI=1S/C17H12O2/c18-11-5-7-12-10(8-11)4-6-14-13-2-1-3-15(13)17(19)9-16(12)14/h1,3-9,18-19H,2H2. The first-order valence-electron chi connectivity index (χ1n) is 6.31. The highest BCUT2D eigenvalue weighted by Gasteiger charge is 2.15. The number of rotatable bonds is 0. The summed E-state index contributed by atoms with van der Waals surface area (Å²) in [6.45, 7) is 0. The first kappa shape index (κ1) is 10.4. The highest BCUT2D eigenvalue weighted by atomic mass is 16.3. The summed E-state index contributed by atoms with van der Waals surface area (Å²) in [5, 5.41) is 24.0. The molecule has 2 nitrogen and oxygen atoms in total. The van der Waals surface area contributed by atoms with E-state index in [4.69, 9.17) is 0 Å². The van der Waals surface area contributed by atoms with Crippen molar-refractivity contribution in [2.75, 3.05) is 0 Å². The average Bonchev–Trinajstić information content (AvgIpc) is 2.88. The van der Waals surface area contributed by atoms with Crippen LogP contribution in [0, 0.1) is 0 Å². The summed E-state index contributed by atoms with van der Waals surface area (Å²) in [5.41, 5.74) is 2.12. The van der Waals surface area contributed by atoms with E-state index in [2.05, 4.69) is 12.1 Å². The number of phenols is 2. The van der Waals surface area contributed by atoms with E-state index in [0.717, 1.165) is 28.1 Å². The van der Waals surface area contributed by atoms with Gasteiger partial charge in [0.25, 0.3) is 0 Å². The lowest BCUT2D eigenvalue weighted by Gasteiger charge is -2.10. The highest BCUT2D eigenvalue weighted by molar-refractivity contribution is 6.10. The third kappa shape index (κ3) is 1.37. The van der Waals surface area contributed by atoms with E-state index in [9.17, 15) is 10.2 Å². The van der Waals surface area contributed by atoms with E-state index < -0.39 is 0 Å². The van der Waals surface area contributed by atoms with E-state index in [1.807, 2.05) is 24.3 Å². The minimum atomic E-state index is 0.263. The molecule has 0 heterocycles. The van der Waals surface area contributed by atoms with Crippen LogP contribution in [-0.4, -0.2) is 10.2 Å². The van der Waals surface area contributed by atoms with Gasteiger partial charge in [0.15, 0.2) is 0 Å². The molecule has 0 atom stereocenters. The molecule has 0 amide bonds. The van der Waals surface area contributed by atoms with E-state index >= 15 is 0 Å². The van der Waals surface area contributed by atoms with Crippen molar-refractivity contribution in [1.82, 2.24) is 0 Å². The van der Waals surface area contributed by atoms with Crippen LogP contribution in [0.25, 0.3) is 27.6 Å². The van der Waals surface area contributed by atoms with Crippen molar-refractivity contribution < 1.29 is 10.2 Å². The SMILES string of the molecule is Oc1ccc2c(ccc3c4c(c(O)cc32)C=CC4)c1. The summed E-state index contributed by atoms with van der Waals surface area (Å²) in [6.07, 6.45) is 4.92. The Balaban J connectivity index is 2.21. The Morgan fingerprint density at radius 2 is 1.68 bits per heavy atom. The monoisotopic (exact) mass is 248 g/mol. The van der Waals surface area contributed by atoms with Gasteiger partial charge in [0, 0.05) is 5.56 Å². The molecule has 1 aliphatic carbocycles. The van der Waals surface area contributed by atoms with Crippen LogP contribution >= 0.6 is 0 Å². The van der Waals surface area contributed by atoms with Gasteiger partial charge in [-0.2, -0.15) is 0 Å². The molecule has 3 aromatic rings. The first-order chi connectivity index (χ1) is 9.24. The Bertz CT molecular complexity index is 860. The normalized spacial score (nSPS) is 13.3. The van der Waals surface area contributed by atoms with Crippen LogP contribution in [0.2, 0.25) is 0 Å². The molecule has 4 rings (SSSR count). The van der Waals surface area contributed by atoms with E-state index in [1.54, 1.807) is 12.1 Å². The number of fused-ring (bicyclic) bond motifs is 5. The zero-order valence-electron chi connectivity index (χ0n) is 10.2. The molecule has 0 bridgehead atoms. The van der Waals surface area contributed by atoms with E-state index in [0.29, 0.717) is 5.75 Å². The maximum atomic E-state index is 10.1. The molecular formula is C17H12O2. The zero-order valence-corrected chi connectivity index (χ0v) is 10.2. The Morgan fingerprint density at radius 3 is 2.58 bits per heavy atom. The van der Waals surface area contributed by atoms with Crippen molar-refractivity contribution in [3.63, 3.8) is 0 Å². The number of benzene rings is 3. The molecular weight excluding hydrogens is 236 g/mol. The molecule has 92 valence electrons. The summed E-state index contributed by atoms with van der Waals surface area (Å²) in [4.78, 5) is 0. The van der Waals surface area contributed by atoms with Crippen LogP contribution in [0.3, 0.4) is 0 Å². The van der Waals surface area contributed by atoms with Gasteiger partial charge < -0.3 is 10.2 Å². The molecule has 0 aliphatic heterocycles. The second kappa shape index (κ2) is 3.51. The largest absolute Gasteiger partial charge is 0.508 e. The van der Waals surface area contributed by atoms with Crippen molar-refractivity contribution in [2.45, 2.75) is 6.42 Å². The molecule has 3 aromatic carbocycles. The Morgan fingerprint density at radius 1 is 0.842 bits per heavy atom. The van der Waals surface area contributed by atoms with Crippen LogP contribution in [0.4, 0.5) is 0 Å². The number of hydrogen-bond donors (Lipinski definition) is 2. The molecule has 0 saturated heterocycles. The first-order valence-corrected chi connectivity index (χ1v) is 6.31. The van der Waals surface area contributed by atoms with Crippen molar-refractivity contribution >= 4 is 27.6 Å². The van der Waals surface area contributed by atoms with Gasteiger partial charge in [0.2, 0.25) is 0 Å². The molecule has 0 radical (unpaired) electrons. The second-order valence-electron chi connectivity index (χ2n) is 4.96. The summed E-state index contributed by atoms with van der Waals surface area (Å²) in [5.74, 6) is 0.593. The lowest BCUT2D eigenvalue weighted by molar-refractivity contribution is 0.474. The van der Waals surface area contributed by atoms with Crippen LogP contribution < -0.4 is 0 Å². The smallest absolute Gasteiger partial charge is 0.123 e. The molecule has 2 N–H and O–H groups in total. The van der Waals surface area contributed by atoms with Gasteiger partial charge in [-0.15, -0.1) is 0 Å². The molecule has 0 spiro atoms. The maximum Gasteiger partial charge on any atom is 0.123 e. The number of aromatic hydroxyl groups is 2. The van der Waals surface area contributed by atoms with Gasteiger partial charge in [-0.25, -0.2) is 0 Å². The summed E-state index contributed by atoms with van der Waals surface area (Å²) < 4.78 is 0. The Kier molecular flexibility index (Phi) is 1.93. The fourth-order valence-electron chi connectivity index (χ4n) is 2.97. The Labute approximate surface area is 110 Å². The van der Waals surface area contributed by atoms with Crippen molar-refractivity contribution in [3.8, 4) is 11.5 Å². The third-order valence-corrected chi connectivity index (χ3v) is 3.86. The van der Waals surface area contributed by atoms with Crippen LogP contribution in [-0.2, 0) is 6.42 Å². The van der Waals surface area contributed by atoms with Crippen LogP contribution in [0.5, 0.6) is 11.5 Å². The van der Waals surface area contributed by atoms with Crippen LogP contribution in [0.15, 0.2) is 42.5 Å². The lowest BCUT2D eigenvalue weighted by Crippen LogP contribution is -1.87. The number of hydrogen-bond acceptors (Lipinski definition) is 2. The molecule has 0 fully saturated rings. The van der Waals surface area contributed by atoms with Crippen LogP contribution in [0.1, 0.15) is 11.1 Å². The second-order valence-corrected chi connectivity index (χ2v) is 4.96. The fourth-order valence-corrected chi connectivity index (χ4v) is 2.97. The highest BCUT2D eigenvalue weighted by Crippen LogP contribution is 2.38. The van der Waals surface area contributed by atoms with E-state index in [1.165, 1.54) is 10.9 Å². The van der Waals surface area contributed by atoms with Gasteiger partial charge in [0.1, 0.15) is 11.5 Å². The molecule has 19 heavy (non-hydrogen) atoms. The zero-order chi connectivity index (χ0) is 13.0. The fraction of sp³-hybridized carbons (Fsp3) is 0.0588. The number of phenolic OH excluding ortho intramolecular Hbond substituents is 2. The predicted octanol–water partition coefficient (Wildman–Crippen LogP) is 3.97. The van der Waals surface area contributed by atoms with Gasteiger partial charge in [0.05, 0.1) is 0 Å². The lowest BCUT2D eigenvalue weighted by atomic mass is 9.95. The molecule has 0 aromatic heterocycles. The molecule has 2 heteroatoms. The molecule has 0 saturated carbocycles. The van der Waals surface area contributed by atoms with Gasteiger partial charge in [-0.1, -0.05) is 30.4 Å². The minimum Gasteiger partial charge on any atom is -0.508 e. The van der Waals surface area contributed by atoms with Gasteiger partial charge in [-0.05, 0) is 51.7 Å². The van der Waals surface area contributed by atoms with Gasteiger partial charge in [-0.3, -0.25) is 0 Å². The maximum absolute atomic E-state index is 10.1. The molecule has 0 unspecified atom stereocenters. The minimum absolute atomic E-state index is 0.263. The Hall–Kier alpha value is -2.48. The van der Waals surface area contributed by atoms with Crippen molar-refractivity contribution in [1.29, 1.82) is 0 Å². The van der Waals surface area contributed by atoms with Crippen molar-refractivity contribution in [2.24, 2.45) is 0 Å².